The van der Waals surface area contributed by atoms with Crippen molar-refractivity contribution in [2.45, 2.75) is 5.66 Å². The van der Waals surface area contributed by atoms with E-state index in [1.165, 1.54) is 0 Å². The maximum absolute atomic E-state index is 5.12. The van der Waals surface area contributed by atoms with Gasteiger partial charge in [0.2, 0.25) is 0 Å². The third-order valence-electron chi connectivity index (χ3n) is 1.82. The zero-order valence-electron chi connectivity index (χ0n) is 6.44. The van der Waals surface area contributed by atoms with Gasteiger partial charge in [0.25, 0.3) is 0 Å². The Morgan fingerprint density at radius 2 is 1.60 bits per heavy atom. The molecule has 1 aliphatic heterocycles. The number of ether oxygens (including phenoxy) is 2. The smallest absolute Gasteiger partial charge is 0.147 e. The largest absolute Gasteiger partial charge is 0.352 e. The quantitative estimate of drug-likeness (QED) is 0.497. The van der Waals surface area contributed by atoms with E-state index in [9.17, 15) is 0 Å². The van der Waals surface area contributed by atoms with Crippen molar-refractivity contribution < 1.29 is 9.47 Å². The molecular formula is C6H14N2O2. The van der Waals surface area contributed by atoms with Crippen molar-refractivity contribution in [3.63, 3.8) is 0 Å². The molecule has 0 radical (unpaired) electrons. The lowest BCUT2D eigenvalue weighted by molar-refractivity contribution is -0.149. The Kier molecular flexibility index (Phi) is 2.62. The molecule has 1 fully saturated rings. The summed E-state index contributed by atoms with van der Waals surface area (Å²) in [4.78, 5) is 0. The van der Waals surface area contributed by atoms with Crippen molar-refractivity contribution in [3.05, 3.63) is 0 Å². The lowest BCUT2D eigenvalue weighted by Crippen LogP contribution is -2.62. The minimum atomic E-state index is -0.182. The monoisotopic (exact) mass is 146 g/mol. The van der Waals surface area contributed by atoms with Crippen LogP contribution in [0.1, 0.15) is 0 Å². The fraction of sp³-hybridized carbons (Fsp3) is 1.00. The fourth-order valence-corrected chi connectivity index (χ4v) is 0.946. The van der Waals surface area contributed by atoms with Crippen molar-refractivity contribution >= 4 is 0 Å². The molecular weight excluding hydrogens is 132 g/mol. The van der Waals surface area contributed by atoms with E-state index < -0.39 is 0 Å². The Hall–Kier alpha value is -0.160. The second kappa shape index (κ2) is 3.30. The number of likely N-dealkylation sites (N-methyl/N-ethyl adjacent to an activating group) is 2. The first-order valence-corrected chi connectivity index (χ1v) is 3.36. The molecule has 1 rings (SSSR count). The highest BCUT2D eigenvalue weighted by atomic mass is 16.7. The van der Waals surface area contributed by atoms with Crippen LogP contribution >= 0.6 is 0 Å². The Morgan fingerprint density at radius 3 is 1.90 bits per heavy atom. The highest BCUT2D eigenvalue weighted by Gasteiger charge is 2.29. The van der Waals surface area contributed by atoms with Gasteiger partial charge in [0.05, 0.1) is 13.2 Å². The number of hydrogen-bond acceptors (Lipinski definition) is 4. The summed E-state index contributed by atoms with van der Waals surface area (Å²) in [7, 11) is 3.77. The Labute approximate surface area is 60.9 Å². The summed E-state index contributed by atoms with van der Waals surface area (Å²) in [6, 6.07) is 0. The number of nitrogens with one attached hydrogen (secondary N) is 2. The fourth-order valence-electron chi connectivity index (χ4n) is 0.946. The van der Waals surface area contributed by atoms with Gasteiger partial charge < -0.3 is 9.47 Å². The van der Waals surface area contributed by atoms with E-state index in [0.29, 0.717) is 20.0 Å². The second-order valence-corrected chi connectivity index (χ2v) is 2.40. The van der Waals surface area contributed by atoms with E-state index in [4.69, 9.17) is 9.47 Å². The van der Waals surface area contributed by atoms with Gasteiger partial charge in [-0.25, -0.2) is 0 Å². The minimum absolute atomic E-state index is 0.182. The molecule has 4 heteroatoms. The van der Waals surface area contributed by atoms with Crippen LogP contribution in [0, 0.1) is 0 Å². The summed E-state index contributed by atoms with van der Waals surface area (Å²) in [6.45, 7) is 1.71. The molecule has 60 valence electrons. The predicted octanol–water partition coefficient (Wildman–Crippen LogP) is -0.874. The first-order chi connectivity index (χ1) is 4.83. The molecule has 0 unspecified atom stereocenters. The molecule has 0 spiro atoms. The van der Waals surface area contributed by atoms with Crippen molar-refractivity contribution in [2.75, 3.05) is 34.1 Å². The van der Waals surface area contributed by atoms with Gasteiger partial charge in [-0.1, -0.05) is 0 Å². The molecule has 0 atom stereocenters. The van der Waals surface area contributed by atoms with Crippen LogP contribution in [0.25, 0.3) is 0 Å². The first-order valence-electron chi connectivity index (χ1n) is 3.36. The average Bonchev–Trinajstić information content (AvgIpc) is 2.06. The average molecular weight is 146 g/mol. The van der Waals surface area contributed by atoms with E-state index in [-0.39, 0.29) is 5.66 Å². The van der Waals surface area contributed by atoms with Gasteiger partial charge in [-0.2, -0.15) is 0 Å². The van der Waals surface area contributed by atoms with E-state index >= 15 is 0 Å². The van der Waals surface area contributed by atoms with E-state index in [1.807, 2.05) is 14.1 Å². The van der Waals surface area contributed by atoms with Gasteiger partial charge in [0.15, 0.2) is 0 Å². The van der Waals surface area contributed by atoms with Gasteiger partial charge in [-0.3, -0.25) is 10.6 Å². The third kappa shape index (κ3) is 1.46. The summed E-state index contributed by atoms with van der Waals surface area (Å²) >= 11 is 0. The molecule has 10 heavy (non-hydrogen) atoms. The summed E-state index contributed by atoms with van der Waals surface area (Å²) in [5, 5.41) is 6.21. The van der Waals surface area contributed by atoms with Gasteiger partial charge in [0, 0.05) is 0 Å². The molecule has 0 amide bonds. The summed E-state index contributed by atoms with van der Waals surface area (Å²) < 4.78 is 10.2. The Bertz CT molecular complexity index is 95.9. The van der Waals surface area contributed by atoms with Crippen LogP contribution in [0.3, 0.4) is 0 Å². The normalized spacial score (nSPS) is 24.6. The highest BCUT2D eigenvalue weighted by molar-refractivity contribution is 4.83. The highest BCUT2D eigenvalue weighted by Crippen LogP contribution is 2.05. The molecule has 1 aliphatic rings. The van der Waals surface area contributed by atoms with Crippen molar-refractivity contribution in [1.29, 1.82) is 0 Å². The second-order valence-electron chi connectivity index (χ2n) is 2.40. The standard InChI is InChI=1S/C6H14N2O2/c1-7-6(8-2)3-9-5-10-4-6/h7-8H,3-5H2,1-2H3. The van der Waals surface area contributed by atoms with Gasteiger partial charge in [-0.05, 0) is 14.1 Å². The first kappa shape index (κ1) is 7.94. The van der Waals surface area contributed by atoms with Crippen LogP contribution in [0.5, 0.6) is 0 Å². The number of rotatable bonds is 2. The van der Waals surface area contributed by atoms with Crippen LogP contribution in [-0.2, 0) is 9.47 Å². The predicted molar refractivity (Wildman–Crippen MR) is 37.6 cm³/mol. The van der Waals surface area contributed by atoms with Crippen LogP contribution in [0.15, 0.2) is 0 Å². The molecule has 0 saturated carbocycles. The molecule has 0 bridgehead atoms. The minimum Gasteiger partial charge on any atom is -0.352 e. The molecule has 0 aromatic heterocycles. The topological polar surface area (TPSA) is 42.5 Å². The van der Waals surface area contributed by atoms with E-state index in [0.717, 1.165) is 0 Å². The maximum atomic E-state index is 5.12. The third-order valence-corrected chi connectivity index (χ3v) is 1.82. The SMILES string of the molecule is CNC1(NC)COCOC1. The molecule has 1 saturated heterocycles. The van der Waals surface area contributed by atoms with Crippen molar-refractivity contribution in [1.82, 2.24) is 10.6 Å². The van der Waals surface area contributed by atoms with Crippen molar-refractivity contribution in [2.24, 2.45) is 0 Å². The van der Waals surface area contributed by atoms with Crippen molar-refractivity contribution in [3.8, 4) is 0 Å². The summed E-state index contributed by atoms with van der Waals surface area (Å²) in [5.41, 5.74) is -0.182. The van der Waals surface area contributed by atoms with Gasteiger partial charge >= 0.3 is 0 Å². The van der Waals surface area contributed by atoms with Gasteiger partial charge in [0.1, 0.15) is 12.5 Å². The van der Waals surface area contributed by atoms with Crippen LogP contribution in [0.2, 0.25) is 0 Å². The molecule has 1 heterocycles. The molecule has 4 nitrogen and oxygen atoms in total. The Morgan fingerprint density at radius 1 is 1.10 bits per heavy atom. The molecule has 0 aliphatic carbocycles. The molecule has 0 aromatic carbocycles. The maximum Gasteiger partial charge on any atom is 0.147 e. The van der Waals surface area contributed by atoms with Crippen LogP contribution < -0.4 is 10.6 Å². The molecule has 2 N–H and O–H groups in total. The summed E-state index contributed by atoms with van der Waals surface area (Å²) in [5.74, 6) is 0. The van der Waals surface area contributed by atoms with E-state index in [1.54, 1.807) is 0 Å². The lowest BCUT2D eigenvalue weighted by Gasteiger charge is -2.35. The summed E-state index contributed by atoms with van der Waals surface area (Å²) in [6.07, 6.45) is 0. The van der Waals surface area contributed by atoms with Gasteiger partial charge in [-0.15, -0.1) is 0 Å². The van der Waals surface area contributed by atoms with E-state index in [2.05, 4.69) is 10.6 Å². The Balaban J connectivity index is 2.44. The van der Waals surface area contributed by atoms with Crippen LogP contribution in [0.4, 0.5) is 0 Å². The zero-order valence-corrected chi connectivity index (χ0v) is 6.44. The van der Waals surface area contributed by atoms with Crippen LogP contribution in [-0.4, -0.2) is 39.8 Å². The molecule has 0 aromatic rings. The zero-order chi connectivity index (χ0) is 7.45. The number of hydrogen-bond donors (Lipinski definition) is 2. The lowest BCUT2D eigenvalue weighted by atomic mass is 10.2.